The summed E-state index contributed by atoms with van der Waals surface area (Å²) in [6.45, 7) is -0.0714. The van der Waals surface area contributed by atoms with Crippen LogP contribution in [-0.4, -0.2) is 4.92 Å². The Hall–Kier alpha value is -2.28. The van der Waals surface area contributed by atoms with E-state index < -0.39 is 22.4 Å². The number of hydrogen-bond acceptors (Lipinski definition) is 3. The van der Waals surface area contributed by atoms with Gasteiger partial charge in [0.05, 0.1) is 4.92 Å². The molecule has 0 bridgehead atoms. The van der Waals surface area contributed by atoms with Crippen molar-refractivity contribution in [2.45, 2.75) is 6.54 Å². The van der Waals surface area contributed by atoms with Crippen molar-refractivity contribution in [2.24, 2.45) is 0 Å². The molecule has 2 aromatic rings. The molecule has 2 rings (SSSR count). The van der Waals surface area contributed by atoms with Crippen LogP contribution in [0.5, 0.6) is 0 Å². The minimum absolute atomic E-state index is 0.0318. The lowest BCUT2D eigenvalue weighted by molar-refractivity contribution is -0.385. The van der Waals surface area contributed by atoms with Crippen LogP contribution >= 0.6 is 11.6 Å². The fourth-order valence-electron chi connectivity index (χ4n) is 1.71. The summed E-state index contributed by atoms with van der Waals surface area (Å²) >= 11 is 5.67. The molecule has 0 fully saturated rings. The van der Waals surface area contributed by atoms with E-state index in [2.05, 4.69) is 5.32 Å². The van der Waals surface area contributed by atoms with Gasteiger partial charge in [-0.1, -0.05) is 11.6 Å². The molecule has 0 heterocycles. The standard InChI is InChI=1S/C13H8ClF3N2O2/c14-8-2-1-7(12(3-8)19(20)21)6-18-9-4-10(15)13(17)11(16)5-9/h1-5,18H,6H2. The number of nitrogens with one attached hydrogen (secondary N) is 1. The van der Waals surface area contributed by atoms with Crippen molar-refractivity contribution in [2.75, 3.05) is 5.32 Å². The summed E-state index contributed by atoms with van der Waals surface area (Å²) in [5, 5.41) is 13.7. The Labute approximate surface area is 122 Å². The Morgan fingerprint density at radius 3 is 2.33 bits per heavy atom. The Kier molecular flexibility index (Phi) is 4.32. The van der Waals surface area contributed by atoms with Gasteiger partial charge in [-0.25, -0.2) is 13.2 Å². The van der Waals surface area contributed by atoms with Crippen LogP contribution in [0.1, 0.15) is 5.56 Å². The molecule has 0 spiro atoms. The van der Waals surface area contributed by atoms with Crippen molar-refractivity contribution < 1.29 is 18.1 Å². The monoisotopic (exact) mass is 316 g/mol. The maximum absolute atomic E-state index is 13.0. The molecule has 0 aliphatic heterocycles. The average molecular weight is 317 g/mol. The molecule has 0 radical (unpaired) electrons. The maximum atomic E-state index is 13.0. The number of benzene rings is 2. The predicted molar refractivity (Wildman–Crippen MR) is 71.7 cm³/mol. The van der Waals surface area contributed by atoms with Crippen LogP contribution in [0, 0.1) is 27.6 Å². The summed E-state index contributed by atoms with van der Waals surface area (Å²) in [7, 11) is 0. The first kappa shape index (κ1) is 15.1. The molecular formula is C13H8ClF3N2O2. The lowest BCUT2D eigenvalue weighted by Gasteiger charge is -2.08. The zero-order valence-corrected chi connectivity index (χ0v) is 11.1. The number of anilines is 1. The second kappa shape index (κ2) is 6.01. The molecule has 0 aliphatic carbocycles. The number of halogens is 4. The van der Waals surface area contributed by atoms with E-state index in [9.17, 15) is 23.3 Å². The zero-order valence-electron chi connectivity index (χ0n) is 10.4. The fourth-order valence-corrected chi connectivity index (χ4v) is 1.88. The minimum atomic E-state index is -1.57. The molecule has 0 aliphatic rings. The van der Waals surface area contributed by atoms with Gasteiger partial charge in [0.1, 0.15) is 0 Å². The molecular weight excluding hydrogens is 309 g/mol. The lowest BCUT2D eigenvalue weighted by atomic mass is 10.1. The van der Waals surface area contributed by atoms with E-state index in [-0.39, 0.29) is 28.5 Å². The van der Waals surface area contributed by atoms with Crippen molar-refractivity contribution in [3.05, 3.63) is 68.5 Å². The predicted octanol–water partition coefficient (Wildman–Crippen LogP) is 4.28. The van der Waals surface area contributed by atoms with Gasteiger partial charge in [-0.3, -0.25) is 10.1 Å². The molecule has 4 nitrogen and oxygen atoms in total. The van der Waals surface area contributed by atoms with Gasteiger partial charge in [-0.05, 0) is 12.1 Å². The molecule has 0 atom stereocenters. The first-order valence-electron chi connectivity index (χ1n) is 5.69. The normalized spacial score (nSPS) is 10.5. The molecule has 0 unspecified atom stereocenters. The van der Waals surface area contributed by atoms with E-state index >= 15 is 0 Å². The van der Waals surface area contributed by atoms with Gasteiger partial charge < -0.3 is 5.32 Å². The summed E-state index contributed by atoms with van der Waals surface area (Å²) in [5.74, 6) is -4.26. The van der Waals surface area contributed by atoms with E-state index in [0.29, 0.717) is 0 Å². The van der Waals surface area contributed by atoms with Crippen LogP contribution in [0.4, 0.5) is 24.5 Å². The van der Waals surface area contributed by atoms with Crippen molar-refractivity contribution in [3.8, 4) is 0 Å². The highest BCUT2D eigenvalue weighted by atomic mass is 35.5. The minimum Gasteiger partial charge on any atom is -0.381 e. The van der Waals surface area contributed by atoms with E-state index in [4.69, 9.17) is 11.6 Å². The van der Waals surface area contributed by atoms with Gasteiger partial charge in [0, 0.05) is 41.0 Å². The van der Waals surface area contributed by atoms with Gasteiger partial charge in [0.25, 0.3) is 5.69 Å². The number of nitrogens with zero attached hydrogens (tertiary/aromatic N) is 1. The van der Waals surface area contributed by atoms with Crippen LogP contribution in [0.3, 0.4) is 0 Å². The summed E-state index contributed by atoms with van der Waals surface area (Å²) in [4.78, 5) is 10.3. The van der Waals surface area contributed by atoms with Crippen LogP contribution in [0.15, 0.2) is 30.3 Å². The molecule has 0 saturated heterocycles. The summed E-state index contributed by atoms with van der Waals surface area (Å²) in [6.07, 6.45) is 0. The molecule has 8 heteroatoms. The van der Waals surface area contributed by atoms with Gasteiger partial charge in [-0.2, -0.15) is 0 Å². The average Bonchev–Trinajstić information content (AvgIpc) is 2.43. The maximum Gasteiger partial charge on any atom is 0.275 e. The van der Waals surface area contributed by atoms with Gasteiger partial charge in [0.15, 0.2) is 17.5 Å². The first-order valence-corrected chi connectivity index (χ1v) is 6.07. The van der Waals surface area contributed by atoms with Crippen LogP contribution in [0.2, 0.25) is 5.02 Å². The van der Waals surface area contributed by atoms with Crippen molar-refractivity contribution in [1.29, 1.82) is 0 Å². The Balaban J connectivity index is 2.22. The first-order chi connectivity index (χ1) is 9.88. The lowest BCUT2D eigenvalue weighted by Crippen LogP contribution is -2.04. The van der Waals surface area contributed by atoms with E-state index in [1.807, 2.05) is 0 Å². The number of hydrogen-bond donors (Lipinski definition) is 1. The van der Waals surface area contributed by atoms with Crippen molar-refractivity contribution in [3.63, 3.8) is 0 Å². The summed E-state index contributed by atoms with van der Waals surface area (Å²) < 4.78 is 38.9. The van der Waals surface area contributed by atoms with Gasteiger partial charge in [-0.15, -0.1) is 0 Å². The molecule has 110 valence electrons. The topological polar surface area (TPSA) is 55.2 Å². The Morgan fingerprint density at radius 2 is 1.76 bits per heavy atom. The molecule has 2 aromatic carbocycles. The Morgan fingerprint density at radius 1 is 1.14 bits per heavy atom. The van der Waals surface area contributed by atoms with Crippen LogP contribution in [0.25, 0.3) is 0 Å². The highest BCUT2D eigenvalue weighted by molar-refractivity contribution is 6.30. The highest BCUT2D eigenvalue weighted by Crippen LogP contribution is 2.25. The van der Waals surface area contributed by atoms with Crippen molar-refractivity contribution in [1.82, 2.24) is 0 Å². The van der Waals surface area contributed by atoms with E-state index in [1.165, 1.54) is 18.2 Å². The summed E-state index contributed by atoms with van der Waals surface area (Å²) in [6, 6.07) is 5.58. The summed E-state index contributed by atoms with van der Waals surface area (Å²) in [5.41, 5.74) is 0.0169. The number of nitro groups is 1. The SMILES string of the molecule is O=[N+]([O-])c1cc(Cl)ccc1CNc1cc(F)c(F)c(F)c1. The van der Waals surface area contributed by atoms with Crippen LogP contribution < -0.4 is 5.32 Å². The molecule has 0 aromatic heterocycles. The van der Waals surface area contributed by atoms with E-state index in [1.54, 1.807) is 0 Å². The quantitative estimate of drug-likeness (QED) is 0.520. The molecule has 21 heavy (non-hydrogen) atoms. The van der Waals surface area contributed by atoms with Gasteiger partial charge >= 0.3 is 0 Å². The second-order valence-corrected chi connectivity index (χ2v) is 4.57. The van der Waals surface area contributed by atoms with Crippen molar-refractivity contribution >= 4 is 23.0 Å². The Bertz CT molecular complexity index is 687. The second-order valence-electron chi connectivity index (χ2n) is 4.14. The highest BCUT2D eigenvalue weighted by Gasteiger charge is 2.15. The number of rotatable bonds is 4. The third-order valence-electron chi connectivity index (χ3n) is 2.71. The van der Waals surface area contributed by atoms with Gasteiger partial charge in [0.2, 0.25) is 0 Å². The smallest absolute Gasteiger partial charge is 0.275 e. The van der Waals surface area contributed by atoms with Crippen LogP contribution in [-0.2, 0) is 6.54 Å². The number of nitro benzene ring substituents is 1. The molecule has 0 saturated carbocycles. The third-order valence-corrected chi connectivity index (χ3v) is 2.95. The zero-order chi connectivity index (χ0) is 15.6. The molecule has 0 amide bonds. The third kappa shape index (κ3) is 3.43. The van der Waals surface area contributed by atoms with E-state index in [0.717, 1.165) is 12.1 Å². The fraction of sp³-hybridized carbons (Fsp3) is 0.0769. The largest absolute Gasteiger partial charge is 0.381 e. The molecule has 1 N–H and O–H groups in total.